The van der Waals surface area contributed by atoms with Crippen LogP contribution in [0, 0.1) is 6.92 Å². The molecule has 2 amide bonds. The number of hydrogen-bond acceptors (Lipinski definition) is 3. The van der Waals surface area contributed by atoms with Crippen LogP contribution in [0.2, 0.25) is 0 Å². The smallest absolute Gasteiger partial charge is 0.324 e. The van der Waals surface area contributed by atoms with Gasteiger partial charge in [-0.15, -0.1) is 5.10 Å². The van der Waals surface area contributed by atoms with Gasteiger partial charge in [0.25, 0.3) is 0 Å². The van der Waals surface area contributed by atoms with Crippen LogP contribution in [0.4, 0.5) is 23.7 Å². The molecule has 0 spiro atoms. The number of halogens is 3. The van der Waals surface area contributed by atoms with Crippen LogP contribution in [-0.2, 0) is 13.2 Å². The van der Waals surface area contributed by atoms with Gasteiger partial charge >= 0.3 is 17.9 Å². The van der Waals surface area contributed by atoms with Crippen molar-refractivity contribution in [3.8, 4) is 0 Å². The predicted octanol–water partition coefficient (Wildman–Crippen LogP) is 2.78. The number of nitrogens with zero attached hydrogens (tertiary/aromatic N) is 4. The van der Waals surface area contributed by atoms with E-state index in [1.807, 2.05) is 25.1 Å². The fourth-order valence-corrected chi connectivity index (χ4v) is 3.18. The summed E-state index contributed by atoms with van der Waals surface area (Å²) >= 11 is 0. The van der Waals surface area contributed by atoms with Gasteiger partial charge in [0.05, 0.1) is 6.04 Å². The van der Waals surface area contributed by atoms with E-state index >= 15 is 0 Å². The molecule has 2 heterocycles. The lowest BCUT2D eigenvalue weighted by molar-refractivity contribution is -0.147. The lowest BCUT2D eigenvalue weighted by Gasteiger charge is -2.31. The summed E-state index contributed by atoms with van der Waals surface area (Å²) in [5.41, 5.74) is 0.893. The van der Waals surface area contributed by atoms with Gasteiger partial charge in [0, 0.05) is 25.8 Å². The monoisotopic (exact) mass is 383 g/mol. The molecule has 1 fully saturated rings. The highest BCUT2D eigenvalue weighted by molar-refractivity contribution is 5.89. The van der Waals surface area contributed by atoms with Crippen LogP contribution < -0.4 is 11.0 Å². The Morgan fingerprint density at radius 1 is 1.26 bits per heavy atom. The number of likely N-dealkylation sites (tertiary alicyclic amines) is 1. The zero-order valence-corrected chi connectivity index (χ0v) is 15.0. The number of aryl methyl sites for hydroxylation is 1. The van der Waals surface area contributed by atoms with E-state index in [1.54, 1.807) is 11.0 Å². The standard InChI is InChI=1S/C17H20F3N5O2/c1-11-4-3-5-12(10-11)21-15(26)24-8-6-13(7-9-24)25-16(27)23(2)14(22-25)17(18,19)20/h3-5,10,13H,6-9H2,1-2H3,(H,21,26). The second kappa shape index (κ2) is 7.09. The van der Waals surface area contributed by atoms with Crippen molar-refractivity contribution in [2.24, 2.45) is 7.05 Å². The molecule has 27 heavy (non-hydrogen) atoms. The first-order valence-corrected chi connectivity index (χ1v) is 8.52. The fourth-order valence-electron chi connectivity index (χ4n) is 3.18. The van der Waals surface area contributed by atoms with E-state index in [2.05, 4.69) is 10.4 Å². The third-order valence-electron chi connectivity index (χ3n) is 4.62. The second-order valence-electron chi connectivity index (χ2n) is 6.63. The average molecular weight is 383 g/mol. The van der Waals surface area contributed by atoms with Gasteiger partial charge in [-0.25, -0.2) is 14.3 Å². The van der Waals surface area contributed by atoms with Crippen molar-refractivity contribution in [3.05, 3.63) is 46.1 Å². The van der Waals surface area contributed by atoms with Crippen LogP contribution in [0.15, 0.2) is 29.1 Å². The molecule has 146 valence electrons. The molecule has 1 N–H and O–H groups in total. The number of hydrogen-bond donors (Lipinski definition) is 1. The van der Waals surface area contributed by atoms with Gasteiger partial charge in [-0.3, -0.25) is 4.57 Å². The Hall–Kier alpha value is -2.78. The number of nitrogens with one attached hydrogen (secondary N) is 1. The molecule has 0 unspecified atom stereocenters. The number of benzene rings is 1. The number of piperidine rings is 1. The minimum atomic E-state index is -4.69. The van der Waals surface area contributed by atoms with E-state index in [1.165, 1.54) is 0 Å². The van der Waals surface area contributed by atoms with Crippen molar-refractivity contribution in [1.29, 1.82) is 0 Å². The van der Waals surface area contributed by atoms with Gasteiger partial charge in [-0.05, 0) is 37.5 Å². The maximum atomic E-state index is 12.9. The van der Waals surface area contributed by atoms with Crippen LogP contribution >= 0.6 is 0 Å². The molecule has 2 aromatic rings. The minimum absolute atomic E-state index is 0.275. The molecule has 3 rings (SSSR count). The van der Waals surface area contributed by atoms with E-state index in [0.29, 0.717) is 36.2 Å². The van der Waals surface area contributed by atoms with E-state index in [-0.39, 0.29) is 6.03 Å². The van der Waals surface area contributed by atoms with Crippen molar-refractivity contribution in [2.75, 3.05) is 18.4 Å². The normalized spacial score (nSPS) is 15.8. The van der Waals surface area contributed by atoms with Gasteiger partial charge in [0.1, 0.15) is 0 Å². The lowest BCUT2D eigenvalue weighted by Crippen LogP contribution is -2.43. The Bertz CT molecular complexity index is 895. The Morgan fingerprint density at radius 2 is 1.93 bits per heavy atom. The molecule has 1 aromatic heterocycles. The van der Waals surface area contributed by atoms with E-state index in [0.717, 1.165) is 17.3 Å². The molecule has 0 aliphatic carbocycles. The SMILES string of the molecule is Cc1cccc(NC(=O)N2CCC(n3nc(C(F)(F)F)n(C)c3=O)CC2)c1. The Labute approximate surface area is 153 Å². The summed E-state index contributed by atoms with van der Waals surface area (Å²) in [5.74, 6) is -1.22. The zero-order chi connectivity index (χ0) is 19.8. The number of aromatic nitrogens is 3. The largest absolute Gasteiger partial charge is 0.451 e. The van der Waals surface area contributed by atoms with Crippen molar-refractivity contribution in [3.63, 3.8) is 0 Å². The van der Waals surface area contributed by atoms with Crippen molar-refractivity contribution in [1.82, 2.24) is 19.2 Å². The summed E-state index contributed by atoms with van der Waals surface area (Å²) in [6, 6.07) is 6.64. The van der Waals surface area contributed by atoms with Gasteiger partial charge < -0.3 is 10.2 Å². The number of anilines is 1. The summed E-state index contributed by atoms with van der Waals surface area (Å²) in [5, 5.41) is 6.28. The van der Waals surface area contributed by atoms with Crippen LogP contribution in [0.25, 0.3) is 0 Å². The first-order valence-electron chi connectivity index (χ1n) is 8.52. The van der Waals surface area contributed by atoms with Gasteiger partial charge in [-0.2, -0.15) is 13.2 Å². The highest BCUT2D eigenvalue weighted by Gasteiger charge is 2.39. The van der Waals surface area contributed by atoms with Crippen molar-refractivity contribution < 1.29 is 18.0 Å². The first kappa shape index (κ1) is 19.0. The molecule has 7 nitrogen and oxygen atoms in total. The van der Waals surface area contributed by atoms with E-state index < -0.39 is 23.7 Å². The third-order valence-corrected chi connectivity index (χ3v) is 4.62. The molecular weight excluding hydrogens is 363 g/mol. The average Bonchev–Trinajstić information content (AvgIpc) is 2.91. The van der Waals surface area contributed by atoms with Crippen LogP contribution in [0.5, 0.6) is 0 Å². The van der Waals surface area contributed by atoms with Gasteiger partial charge in [-0.1, -0.05) is 12.1 Å². The number of urea groups is 1. The predicted molar refractivity (Wildman–Crippen MR) is 92.5 cm³/mol. The van der Waals surface area contributed by atoms with Gasteiger partial charge in [0.15, 0.2) is 0 Å². The molecule has 1 aliphatic rings. The molecule has 0 bridgehead atoms. The highest BCUT2D eigenvalue weighted by atomic mass is 19.4. The molecule has 1 saturated heterocycles. The lowest BCUT2D eigenvalue weighted by atomic mass is 10.1. The first-order chi connectivity index (χ1) is 12.7. The minimum Gasteiger partial charge on any atom is -0.324 e. The maximum Gasteiger partial charge on any atom is 0.451 e. The van der Waals surface area contributed by atoms with Crippen molar-refractivity contribution in [2.45, 2.75) is 32.0 Å². The Kier molecular flexibility index (Phi) is 4.99. The second-order valence-corrected chi connectivity index (χ2v) is 6.63. The van der Waals surface area contributed by atoms with Crippen molar-refractivity contribution >= 4 is 11.7 Å². The Balaban J connectivity index is 1.65. The summed E-state index contributed by atoms with van der Waals surface area (Å²) in [7, 11) is 1.05. The Morgan fingerprint density at radius 3 is 2.48 bits per heavy atom. The maximum absolute atomic E-state index is 12.9. The quantitative estimate of drug-likeness (QED) is 0.867. The number of alkyl halides is 3. The summed E-state index contributed by atoms with van der Waals surface area (Å²) < 4.78 is 40.1. The molecule has 0 atom stereocenters. The summed E-state index contributed by atoms with van der Waals surface area (Å²) in [4.78, 5) is 26.0. The van der Waals surface area contributed by atoms with E-state index in [4.69, 9.17) is 0 Å². The fraction of sp³-hybridized carbons (Fsp3) is 0.471. The molecular formula is C17H20F3N5O2. The summed E-state index contributed by atoms with van der Waals surface area (Å²) in [6.45, 7) is 2.57. The van der Waals surface area contributed by atoms with Crippen LogP contribution in [0.1, 0.15) is 30.3 Å². The highest BCUT2D eigenvalue weighted by Crippen LogP contribution is 2.28. The number of carbonyl (C=O) groups is 1. The third kappa shape index (κ3) is 3.99. The molecule has 1 aromatic carbocycles. The summed E-state index contributed by atoms with van der Waals surface area (Å²) in [6.07, 6.45) is -3.97. The molecule has 1 aliphatic heterocycles. The topological polar surface area (TPSA) is 72.2 Å². The van der Waals surface area contributed by atoms with E-state index in [9.17, 15) is 22.8 Å². The number of carbonyl (C=O) groups excluding carboxylic acids is 1. The molecule has 0 saturated carbocycles. The van der Waals surface area contributed by atoms with Gasteiger partial charge in [0.2, 0.25) is 5.82 Å². The molecule has 0 radical (unpaired) electrons. The number of rotatable bonds is 2. The molecule has 10 heteroatoms. The van der Waals surface area contributed by atoms with Crippen LogP contribution in [0.3, 0.4) is 0 Å². The zero-order valence-electron chi connectivity index (χ0n) is 15.0. The number of amides is 2. The van der Waals surface area contributed by atoms with Crippen LogP contribution in [-0.4, -0.2) is 38.4 Å².